The van der Waals surface area contributed by atoms with Gasteiger partial charge in [-0.15, -0.1) is 10.2 Å². The number of nitrogens with zero attached hydrogens (tertiary/aromatic N) is 3. The van der Waals surface area contributed by atoms with Crippen molar-refractivity contribution >= 4 is 17.7 Å². The normalized spacial score (nSPS) is 11.5. The largest absolute Gasteiger partial charge is 0.351 e. The van der Waals surface area contributed by atoms with Crippen LogP contribution in [0, 0.1) is 13.8 Å². The van der Waals surface area contributed by atoms with E-state index in [0.29, 0.717) is 5.75 Å². The highest BCUT2D eigenvalue weighted by molar-refractivity contribution is 7.99. The highest BCUT2D eigenvalue weighted by Crippen LogP contribution is 2.22. The molecule has 6 heteroatoms. The van der Waals surface area contributed by atoms with Crippen LogP contribution < -0.4 is 5.32 Å². The van der Waals surface area contributed by atoms with E-state index in [1.54, 1.807) is 6.33 Å². The topological polar surface area (TPSA) is 59.8 Å². The molecule has 1 N–H and O–H groups in total. The number of carbonyl (C=O) groups is 1. The van der Waals surface area contributed by atoms with Crippen LogP contribution in [-0.2, 0) is 4.79 Å². The third-order valence-electron chi connectivity index (χ3n) is 2.98. The van der Waals surface area contributed by atoms with Crippen molar-refractivity contribution in [2.24, 2.45) is 0 Å². The number of carbonyl (C=O) groups excluding carboxylic acids is 1. The molecule has 1 amide bonds. The van der Waals surface area contributed by atoms with Gasteiger partial charge >= 0.3 is 0 Å². The first-order valence-corrected chi connectivity index (χ1v) is 8.16. The van der Waals surface area contributed by atoms with Crippen molar-refractivity contribution in [2.75, 3.05) is 5.75 Å². The van der Waals surface area contributed by atoms with Gasteiger partial charge in [0.2, 0.25) is 5.91 Å². The van der Waals surface area contributed by atoms with E-state index in [0.717, 1.165) is 16.4 Å². The number of hydrogen-bond acceptors (Lipinski definition) is 4. The van der Waals surface area contributed by atoms with Crippen molar-refractivity contribution in [1.29, 1.82) is 0 Å². The zero-order chi connectivity index (χ0) is 16.3. The van der Waals surface area contributed by atoms with Crippen LogP contribution in [0.25, 0.3) is 5.69 Å². The molecule has 2 rings (SSSR count). The van der Waals surface area contributed by atoms with Crippen LogP contribution in [0.3, 0.4) is 0 Å². The summed E-state index contributed by atoms with van der Waals surface area (Å²) in [5.74, 6) is 0.314. The van der Waals surface area contributed by atoms with Crippen molar-refractivity contribution in [2.45, 2.75) is 45.3 Å². The van der Waals surface area contributed by atoms with Crippen molar-refractivity contribution in [3.05, 3.63) is 35.7 Å². The molecule has 0 spiro atoms. The molecule has 2 aromatic rings. The lowest BCUT2D eigenvalue weighted by Gasteiger charge is -2.20. The summed E-state index contributed by atoms with van der Waals surface area (Å²) in [5, 5.41) is 11.8. The monoisotopic (exact) mass is 318 g/mol. The number of thioether (sulfide) groups is 1. The Morgan fingerprint density at radius 1 is 1.32 bits per heavy atom. The number of hydrogen-bond donors (Lipinski definition) is 1. The molecule has 0 aliphatic carbocycles. The molecule has 5 nitrogen and oxygen atoms in total. The van der Waals surface area contributed by atoms with Crippen LogP contribution in [0.4, 0.5) is 0 Å². The first-order chi connectivity index (χ1) is 10.3. The SMILES string of the molecule is Cc1ccc(-n2cnnc2SCC(=O)NC(C)(C)C)c(C)c1. The zero-order valence-electron chi connectivity index (χ0n) is 13.7. The average molecular weight is 318 g/mol. The fraction of sp³-hybridized carbons (Fsp3) is 0.438. The minimum atomic E-state index is -0.223. The number of nitrogens with one attached hydrogen (secondary N) is 1. The van der Waals surface area contributed by atoms with Gasteiger partial charge in [0.15, 0.2) is 5.16 Å². The second kappa shape index (κ2) is 6.52. The van der Waals surface area contributed by atoms with E-state index in [1.807, 2.05) is 31.4 Å². The predicted octanol–water partition coefficient (Wildman–Crippen LogP) is 2.89. The smallest absolute Gasteiger partial charge is 0.230 e. The average Bonchev–Trinajstić information content (AvgIpc) is 2.82. The maximum atomic E-state index is 11.9. The first-order valence-electron chi connectivity index (χ1n) is 7.18. The van der Waals surface area contributed by atoms with Crippen LogP contribution >= 0.6 is 11.8 Å². The molecule has 0 radical (unpaired) electrons. The Labute approximate surface area is 135 Å². The van der Waals surface area contributed by atoms with Gasteiger partial charge in [-0.2, -0.15) is 0 Å². The second-order valence-electron chi connectivity index (χ2n) is 6.36. The Balaban J connectivity index is 2.12. The molecule has 0 aliphatic rings. The summed E-state index contributed by atoms with van der Waals surface area (Å²) in [6.07, 6.45) is 1.68. The first kappa shape index (κ1) is 16.5. The Morgan fingerprint density at radius 3 is 2.68 bits per heavy atom. The molecule has 1 aromatic carbocycles. The summed E-state index contributed by atoms with van der Waals surface area (Å²) in [5.41, 5.74) is 3.18. The Morgan fingerprint density at radius 2 is 2.05 bits per heavy atom. The summed E-state index contributed by atoms with van der Waals surface area (Å²) in [6, 6.07) is 6.23. The second-order valence-corrected chi connectivity index (χ2v) is 7.30. The van der Waals surface area contributed by atoms with Gasteiger partial charge in [-0.1, -0.05) is 29.5 Å². The molecule has 1 aromatic heterocycles. The van der Waals surface area contributed by atoms with Crippen LogP contribution in [0.5, 0.6) is 0 Å². The fourth-order valence-electron chi connectivity index (χ4n) is 2.15. The number of rotatable bonds is 4. The lowest BCUT2D eigenvalue weighted by Crippen LogP contribution is -2.41. The standard InChI is InChI=1S/C16H22N4OS/c1-11-6-7-13(12(2)8-11)20-10-17-19-15(20)22-9-14(21)18-16(3,4)5/h6-8,10H,9H2,1-5H3,(H,18,21). The number of benzene rings is 1. The molecular formula is C16H22N4OS. The van der Waals surface area contributed by atoms with Gasteiger partial charge in [0.05, 0.1) is 11.4 Å². The minimum Gasteiger partial charge on any atom is -0.351 e. The third kappa shape index (κ3) is 4.34. The maximum absolute atomic E-state index is 11.9. The van der Waals surface area contributed by atoms with Crippen LogP contribution in [0.2, 0.25) is 0 Å². The highest BCUT2D eigenvalue weighted by atomic mass is 32.2. The van der Waals surface area contributed by atoms with E-state index >= 15 is 0 Å². The van der Waals surface area contributed by atoms with Crippen molar-refractivity contribution < 1.29 is 4.79 Å². The van der Waals surface area contributed by atoms with E-state index < -0.39 is 0 Å². The molecule has 118 valence electrons. The molecule has 0 fully saturated rings. The number of aromatic nitrogens is 3. The van der Waals surface area contributed by atoms with E-state index in [4.69, 9.17) is 0 Å². The Kier molecular flexibility index (Phi) is 4.90. The molecule has 1 heterocycles. The Bertz CT molecular complexity index is 673. The molecule has 0 bridgehead atoms. The molecule has 0 saturated heterocycles. The summed E-state index contributed by atoms with van der Waals surface area (Å²) >= 11 is 1.39. The van der Waals surface area contributed by atoms with Gasteiger partial charge in [-0.3, -0.25) is 9.36 Å². The van der Waals surface area contributed by atoms with Crippen LogP contribution in [0.15, 0.2) is 29.7 Å². The van der Waals surface area contributed by atoms with Crippen LogP contribution in [0.1, 0.15) is 31.9 Å². The lowest BCUT2D eigenvalue weighted by atomic mass is 10.1. The number of amides is 1. The van der Waals surface area contributed by atoms with Crippen molar-refractivity contribution in [3.63, 3.8) is 0 Å². The third-order valence-corrected chi connectivity index (χ3v) is 3.92. The predicted molar refractivity (Wildman–Crippen MR) is 89.5 cm³/mol. The van der Waals surface area contributed by atoms with Gasteiger partial charge in [0.1, 0.15) is 6.33 Å². The van der Waals surface area contributed by atoms with Gasteiger partial charge < -0.3 is 5.32 Å². The molecule has 0 unspecified atom stereocenters. The Hall–Kier alpha value is -1.82. The lowest BCUT2D eigenvalue weighted by molar-refractivity contribution is -0.119. The minimum absolute atomic E-state index is 0.00678. The summed E-state index contributed by atoms with van der Waals surface area (Å²) in [7, 11) is 0. The van der Waals surface area contributed by atoms with Gasteiger partial charge in [-0.05, 0) is 46.2 Å². The van der Waals surface area contributed by atoms with E-state index in [9.17, 15) is 4.79 Å². The van der Waals surface area contributed by atoms with Gasteiger partial charge in [-0.25, -0.2) is 0 Å². The fourth-order valence-corrected chi connectivity index (χ4v) is 2.87. The zero-order valence-corrected chi connectivity index (χ0v) is 14.5. The van der Waals surface area contributed by atoms with Crippen LogP contribution in [-0.4, -0.2) is 32.0 Å². The molecule has 22 heavy (non-hydrogen) atoms. The maximum Gasteiger partial charge on any atom is 0.230 e. The summed E-state index contributed by atoms with van der Waals surface area (Å²) < 4.78 is 1.92. The number of aryl methyl sites for hydroxylation is 2. The molecule has 0 saturated carbocycles. The molecule has 0 aliphatic heterocycles. The van der Waals surface area contributed by atoms with E-state index in [1.165, 1.54) is 17.3 Å². The van der Waals surface area contributed by atoms with Crippen molar-refractivity contribution in [1.82, 2.24) is 20.1 Å². The van der Waals surface area contributed by atoms with Gasteiger partial charge in [0.25, 0.3) is 0 Å². The van der Waals surface area contributed by atoms with E-state index in [2.05, 4.69) is 41.5 Å². The van der Waals surface area contributed by atoms with Crippen molar-refractivity contribution in [3.8, 4) is 5.69 Å². The quantitative estimate of drug-likeness (QED) is 0.881. The summed E-state index contributed by atoms with van der Waals surface area (Å²) in [4.78, 5) is 11.9. The molecule has 0 atom stereocenters. The van der Waals surface area contributed by atoms with E-state index in [-0.39, 0.29) is 11.4 Å². The highest BCUT2D eigenvalue weighted by Gasteiger charge is 2.16. The van der Waals surface area contributed by atoms with Gasteiger partial charge in [0, 0.05) is 5.54 Å². The summed E-state index contributed by atoms with van der Waals surface area (Å²) in [6.45, 7) is 10.0. The molecular weight excluding hydrogens is 296 g/mol.